The summed E-state index contributed by atoms with van der Waals surface area (Å²) in [4.78, 5) is 16.9. The molecule has 0 saturated carbocycles. The van der Waals surface area contributed by atoms with E-state index < -0.39 is 11.7 Å². The third-order valence-corrected chi connectivity index (χ3v) is 3.83. The quantitative estimate of drug-likeness (QED) is 0.746. The highest BCUT2D eigenvalue weighted by molar-refractivity contribution is 9.10. The first kappa shape index (κ1) is 14.7. The number of anilines is 1. The standard InChI is InChI=1S/C16H13BrFN3O/c1-9-3-6-14-19-10(2)15(21(14)8-9)16(22)20-13-5-4-11(17)7-12(13)18/h3-8H,1-2H3,(H,20,22). The van der Waals surface area contributed by atoms with Gasteiger partial charge in [0.05, 0.1) is 11.4 Å². The number of halogens is 2. The number of rotatable bonds is 2. The van der Waals surface area contributed by atoms with Crippen molar-refractivity contribution in [2.45, 2.75) is 13.8 Å². The zero-order valence-electron chi connectivity index (χ0n) is 12.0. The molecule has 1 amide bonds. The highest BCUT2D eigenvalue weighted by atomic mass is 79.9. The largest absolute Gasteiger partial charge is 0.318 e. The topological polar surface area (TPSA) is 46.4 Å². The van der Waals surface area contributed by atoms with Crippen LogP contribution in [0.4, 0.5) is 10.1 Å². The summed E-state index contributed by atoms with van der Waals surface area (Å²) in [6.45, 7) is 3.69. The summed E-state index contributed by atoms with van der Waals surface area (Å²) in [6.07, 6.45) is 1.84. The van der Waals surface area contributed by atoms with Crippen molar-refractivity contribution in [3.05, 3.63) is 63.8 Å². The maximum atomic E-state index is 13.9. The Balaban J connectivity index is 2.02. The molecule has 0 bridgehead atoms. The lowest BCUT2D eigenvalue weighted by molar-refractivity contribution is 0.102. The highest BCUT2D eigenvalue weighted by Gasteiger charge is 2.18. The zero-order valence-corrected chi connectivity index (χ0v) is 13.6. The van der Waals surface area contributed by atoms with Gasteiger partial charge in [-0.15, -0.1) is 0 Å². The van der Waals surface area contributed by atoms with Crippen LogP contribution < -0.4 is 5.32 Å². The van der Waals surface area contributed by atoms with Crippen LogP contribution in [0.1, 0.15) is 21.7 Å². The minimum atomic E-state index is -0.495. The van der Waals surface area contributed by atoms with Gasteiger partial charge in [0, 0.05) is 10.7 Å². The number of benzene rings is 1. The van der Waals surface area contributed by atoms with Crippen LogP contribution in [0.3, 0.4) is 0 Å². The molecule has 0 aliphatic heterocycles. The minimum absolute atomic E-state index is 0.134. The second kappa shape index (κ2) is 5.53. The number of hydrogen-bond acceptors (Lipinski definition) is 2. The molecule has 4 nitrogen and oxygen atoms in total. The molecule has 2 heterocycles. The lowest BCUT2D eigenvalue weighted by Gasteiger charge is -2.08. The molecule has 0 atom stereocenters. The molecule has 3 aromatic rings. The van der Waals surface area contributed by atoms with Crippen LogP contribution in [0.5, 0.6) is 0 Å². The number of fused-ring (bicyclic) bond motifs is 1. The molecular formula is C16H13BrFN3O. The average molecular weight is 362 g/mol. The number of pyridine rings is 1. The van der Waals surface area contributed by atoms with Crippen LogP contribution in [-0.4, -0.2) is 15.3 Å². The monoisotopic (exact) mass is 361 g/mol. The minimum Gasteiger partial charge on any atom is -0.318 e. The van der Waals surface area contributed by atoms with Gasteiger partial charge >= 0.3 is 0 Å². The summed E-state index contributed by atoms with van der Waals surface area (Å²) < 4.78 is 16.2. The van der Waals surface area contributed by atoms with E-state index in [0.717, 1.165) is 5.56 Å². The van der Waals surface area contributed by atoms with Crippen LogP contribution in [-0.2, 0) is 0 Å². The normalized spacial score (nSPS) is 10.9. The lowest BCUT2D eigenvalue weighted by atomic mass is 10.2. The lowest BCUT2D eigenvalue weighted by Crippen LogP contribution is -2.16. The predicted octanol–water partition coefficient (Wildman–Crippen LogP) is 4.11. The molecule has 112 valence electrons. The summed E-state index contributed by atoms with van der Waals surface area (Å²) >= 11 is 3.19. The molecule has 2 aromatic heterocycles. The number of nitrogens with zero attached hydrogens (tertiary/aromatic N) is 2. The second-order valence-corrected chi connectivity index (χ2v) is 5.97. The summed E-state index contributed by atoms with van der Waals surface area (Å²) in [7, 11) is 0. The molecule has 0 spiro atoms. The molecular weight excluding hydrogens is 349 g/mol. The van der Waals surface area contributed by atoms with Gasteiger partial charge in [-0.1, -0.05) is 22.0 Å². The van der Waals surface area contributed by atoms with Crippen molar-refractivity contribution in [1.82, 2.24) is 9.38 Å². The molecule has 0 unspecified atom stereocenters. The summed E-state index contributed by atoms with van der Waals surface area (Å²) in [5.41, 5.74) is 2.83. The molecule has 1 N–H and O–H groups in total. The molecule has 0 aliphatic carbocycles. The fourth-order valence-electron chi connectivity index (χ4n) is 2.31. The van der Waals surface area contributed by atoms with Gasteiger partial charge in [0.15, 0.2) is 0 Å². The number of imidazole rings is 1. The Kier molecular flexibility index (Phi) is 3.70. The molecule has 0 fully saturated rings. The zero-order chi connectivity index (χ0) is 15.9. The van der Waals surface area contributed by atoms with E-state index in [-0.39, 0.29) is 5.69 Å². The number of aromatic nitrogens is 2. The smallest absolute Gasteiger partial charge is 0.274 e. The molecule has 6 heteroatoms. The Morgan fingerprint density at radius 1 is 1.27 bits per heavy atom. The van der Waals surface area contributed by atoms with Crippen LogP contribution in [0.25, 0.3) is 5.65 Å². The average Bonchev–Trinajstić information content (AvgIpc) is 2.77. The van der Waals surface area contributed by atoms with E-state index >= 15 is 0 Å². The van der Waals surface area contributed by atoms with Gasteiger partial charge in [0.1, 0.15) is 17.2 Å². The fraction of sp³-hybridized carbons (Fsp3) is 0.125. The highest BCUT2D eigenvalue weighted by Crippen LogP contribution is 2.21. The van der Waals surface area contributed by atoms with Crippen molar-refractivity contribution in [1.29, 1.82) is 0 Å². The van der Waals surface area contributed by atoms with Crippen molar-refractivity contribution < 1.29 is 9.18 Å². The number of aryl methyl sites for hydroxylation is 2. The molecule has 22 heavy (non-hydrogen) atoms. The van der Waals surface area contributed by atoms with Gasteiger partial charge < -0.3 is 5.32 Å². The van der Waals surface area contributed by atoms with E-state index in [1.165, 1.54) is 12.1 Å². The van der Waals surface area contributed by atoms with Crippen molar-refractivity contribution in [2.75, 3.05) is 5.32 Å². The third-order valence-electron chi connectivity index (χ3n) is 3.34. The Labute approximate surface area is 135 Å². The molecule has 0 saturated heterocycles. The van der Waals surface area contributed by atoms with Gasteiger partial charge in [-0.05, 0) is 43.7 Å². The first-order valence-corrected chi connectivity index (χ1v) is 7.47. The van der Waals surface area contributed by atoms with Gasteiger partial charge in [-0.3, -0.25) is 9.20 Å². The molecule has 3 rings (SSSR count). The Morgan fingerprint density at radius 3 is 2.77 bits per heavy atom. The SMILES string of the molecule is Cc1ccc2nc(C)c(C(=O)Nc3ccc(Br)cc3F)n2c1. The van der Waals surface area contributed by atoms with E-state index in [4.69, 9.17) is 0 Å². The van der Waals surface area contributed by atoms with E-state index in [1.54, 1.807) is 17.4 Å². The van der Waals surface area contributed by atoms with Crippen molar-refractivity contribution >= 4 is 33.2 Å². The van der Waals surface area contributed by atoms with Crippen molar-refractivity contribution in [3.63, 3.8) is 0 Å². The van der Waals surface area contributed by atoms with Crippen LogP contribution in [0.15, 0.2) is 41.0 Å². The third kappa shape index (κ3) is 2.62. The van der Waals surface area contributed by atoms with Gasteiger partial charge in [0.2, 0.25) is 0 Å². The number of hydrogen-bond donors (Lipinski definition) is 1. The maximum absolute atomic E-state index is 13.9. The number of carbonyl (C=O) groups excluding carboxylic acids is 1. The molecule has 1 aromatic carbocycles. The number of amides is 1. The van der Waals surface area contributed by atoms with Crippen molar-refractivity contribution in [3.8, 4) is 0 Å². The van der Waals surface area contributed by atoms with Crippen molar-refractivity contribution in [2.24, 2.45) is 0 Å². The van der Waals surface area contributed by atoms with Gasteiger partial charge in [-0.2, -0.15) is 0 Å². The first-order valence-electron chi connectivity index (χ1n) is 6.67. The number of nitrogens with one attached hydrogen (secondary N) is 1. The van der Waals surface area contributed by atoms with Crippen LogP contribution in [0, 0.1) is 19.7 Å². The van der Waals surface area contributed by atoms with E-state index in [2.05, 4.69) is 26.2 Å². The van der Waals surface area contributed by atoms with Crippen LogP contribution >= 0.6 is 15.9 Å². The molecule has 0 radical (unpaired) electrons. The predicted molar refractivity (Wildman–Crippen MR) is 86.7 cm³/mol. The summed E-state index contributed by atoms with van der Waals surface area (Å²) in [5, 5.41) is 2.60. The first-order chi connectivity index (χ1) is 10.5. The van der Waals surface area contributed by atoms with Crippen LogP contribution in [0.2, 0.25) is 0 Å². The molecule has 0 aliphatic rings. The van der Waals surface area contributed by atoms with E-state index in [0.29, 0.717) is 21.5 Å². The Morgan fingerprint density at radius 2 is 2.05 bits per heavy atom. The maximum Gasteiger partial charge on any atom is 0.274 e. The van der Waals surface area contributed by atoms with Gasteiger partial charge in [-0.25, -0.2) is 9.37 Å². The second-order valence-electron chi connectivity index (χ2n) is 5.06. The number of carbonyl (C=O) groups is 1. The Bertz CT molecular complexity index is 888. The Hall–Kier alpha value is -2.21. The van der Waals surface area contributed by atoms with E-state index in [1.807, 2.05) is 25.3 Å². The summed E-state index contributed by atoms with van der Waals surface area (Å²) in [6, 6.07) is 8.27. The summed E-state index contributed by atoms with van der Waals surface area (Å²) in [5.74, 6) is -0.887. The fourth-order valence-corrected chi connectivity index (χ4v) is 2.65. The van der Waals surface area contributed by atoms with Gasteiger partial charge in [0.25, 0.3) is 5.91 Å². The van der Waals surface area contributed by atoms with E-state index in [9.17, 15) is 9.18 Å².